The molecule has 1 saturated heterocycles. The lowest BCUT2D eigenvalue weighted by atomic mass is 10.0. The Kier molecular flexibility index (Phi) is 6.33. The second-order valence-corrected chi connectivity index (χ2v) is 8.42. The molecule has 0 saturated carbocycles. The average molecular weight is 473 g/mol. The summed E-state index contributed by atoms with van der Waals surface area (Å²) in [5, 5.41) is 15.5. The molecule has 2 aliphatic heterocycles. The van der Waals surface area contributed by atoms with Gasteiger partial charge in [0.05, 0.1) is 12.0 Å². The molecular weight excluding hydrogens is 449 g/mol. The van der Waals surface area contributed by atoms with E-state index >= 15 is 0 Å². The van der Waals surface area contributed by atoms with Crippen LogP contribution in [-0.2, 0) is 27.4 Å². The quantitative estimate of drug-likeness (QED) is 0.523. The third-order valence-corrected chi connectivity index (χ3v) is 5.86. The lowest BCUT2D eigenvalue weighted by Gasteiger charge is -2.24. The first-order valence-corrected chi connectivity index (χ1v) is 10.7. The lowest BCUT2D eigenvalue weighted by Crippen LogP contribution is -2.47. The average Bonchev–Trinajstić information content (AvgIpc) is 3.10. The molecule has 0 aliphatic carbocycles. The van der Waals surface area contributed by atoms with E-state index in [2.05, 4.69) is 15.6 Å². The van der Waals surface area contributed by atoms with Gasteiger partial charge in [-0.2, -0.15) is 0 Å². The van der Waals surface area contributed by atoms with Gasteiger partial charge in [-0.3, -0.25) is 23.7 Å². The molecule has 0 radical (unpaired) electrons. The number of aromatic nitrogens is 2. The summed E-state index contributed by atoms with van der Waals surface area (Å²) in [4.78, 5) is 55.3. The van der Waals surface area contributed by atoms with E-state index < -0.39 is 52.7 Å². The number of nitrogens with one attached hydrogen (secondary N) is 2. The monoisotopic (exact) mass is 473 g/mol. The number of amides is 3. The SMILES string of the molecule is CN(C)C(=O)C(=O)NC1OC2CCn3c(nc(C(=O)NCc4ccc(F)cc4)c(O)c3=O)C1C2. The Morgan fingerprint density at radius 2 is 1.97 bits per heavy atom. The second kappa shape index (κ2) is 9.21. The van der Waals surface area contributed by atoms with Crippen LogP contribution >= 0.6 is 0 Å². The Bertz CT molecular complexity index is 1200. The highest BCUT2D eigenvalue weighted by Gasteiger charge is 2.43. The molecule has 12 heteroatoms. The van der Waals surface area contributed by atoms with Crippen molar-refractivity contribution in [3.8, 4) is 5.75 Å². The van der Waals surface area contributed by atoms with Crippen LogP contribution in [0.1, 0.15) is 40.6 Å². The highest BCUT2D eigenvalue weighted by Crippen LogP contribution is 2.37. The van der Waals surface area contributed by atoms with Crippen LogP contribution in [0.5, 0.6) is 5.75 Å². The van der Waals surface area contributed by atoms with Crippen LogP contribution < -0.4 is 16.2 Å². The molecule has 3 unspecified atom stereocenters. The van der Waals surface area contributed by atoms with Crippen molar-refractivity contribution in [1.29, 1.82) is 0 Å². The summed E-state index contributed by atoms with van der Waals surface area (Å²) in [6.07, 6.45) is -0.396. The molecule has 2 bridgehead atoms. The van der Waals surface area contributed by atoms with Gasteiger partial charge in [-0.25, -0.2) is 9.37 Å². The highest BCUT2D eigenvalue weighted by atomic mass is 19.1. The van der Waals surface area contributed by atoms with Gasteiger partial charge in [-0.1, -0.05) is 12.1 Å². The van der Waals surface area contributed by atoms with Gasteiger partial charge in [0.15, 0.2) is 5.69 Å². The minimum Gasteiger partial charge on any atom is -0.501 e. The van der Waals surface area contributed by atoms with E-state index in [9.17, 15) is 28.7 Å². The van der Waals surface area contributed by atoms with Crippen molar-refractivity contribution in [2.24, 2.45) is 0 Å². The molecular formula is C22H24FN5O6. The van der Waals surface area contributed by atoms with E-state index in [1.807, 2.05) is 0 Å². The normalized spacial score (nSPS) is 20.7. The number of ether oxygens (including phenoxy) is 1. The van der Waals surface area contributed by atoms with Crippen LogP contribution in [0, 0.1) is 5.82 Å². The fourth-order valence-electron chi connectivity index (χ4n) is 4.08. The van der Waals surface area contributed by atoms with Crippen molar-refractivity contribution < 1.29 is 28.6 Å². The Morgan fingerprint density at radius 1 is 1.26 bits per heavy atom. The Morgan fingerprint density at radius 3 is 2.65 bits per heavy atom. The lowest BCUT2D eigenvalue weighted by molar-refractivity contribution is -0.146. The fraction of sp³-hybridized carbons (Fsp3) is 0.409. The van der Waals surface area contributed by atoms with E-state index in [4.69, 9.17) is 4.74 Å². The number of halogens is 1. The molecule has 11 nitrogen and oxygen atoms in total. The van der Waals surface area contributed by atoms with Gasteiger partial charge in [0, 0.05) is 27.2 Å². The second-order valence-electron chi connectivity index (χ2n) is 8.42. The molecule has 2 aliphatic rings. The Balaban J connectivity index is 1.61. The van der Waals surface area contributed by atoms with Crippen molar-refractivity contribution in [2.45, 2.75) is 44.2 Å². The van der Waals surface area contributed by atoms with Crippen molar-refractivity contribution >= 4 is 17.7 Å². The number of nitrogens with zero attached hydrogens (tertiary/aromatic N) is 3. The predicted molar refractivity (Wildman–Crippen MR) is 115 cm³/mol. The predicted octanol–water partition coefficient (Wildman–Crippen LogP) is -0.175. The van der Waals surface area contributed by atoms with Gasteiger partial charge >= 0.3 is 11.8 Å². The van der Waals surface area contributed by atoms with E-state index in [1.54, 1.807) is 0 Å². The number of likely N-dealkylation sites (N-methyl/N-ethyl adjacent to an activating group) is 1. The Hall–Kier alpha value is -3.80. The molecule has 3 heterocycles. The topological polar surface area (TPSA) is 143 Å². The molecule has 34 heavy (non-hydrogen) atoms. The maximum absolute atomic E-state index is 13.1. The standard InChI is InChI=1S/C22H24FN5O6/c1-27(2)22(33)19(31)26-20-14-9-13(34-20)7-8-28-17(14)25-15(16(29)21(28)32)18(30)24-10-11-3-5-12(23)6-4-11/h3-6,13-14,20,29H,7-10H2,1-2H3,(H,24,30)(H,26,31). The number of hydrogen-bond acceptors (Lipinski definition) is 7. The summed E-state index contributed by atoms with van der Waals surface area (Å²) >= 11 is 0. The van der Waals surface area contributed by atoms with Gasteiger partial charge in [0.1, 0.15) is 17.9 Å². The largest absolute Gasteiger partial charge is 0.501 e. The first-order valence-electron chi connectivity index (χ1n) is 10.7. The van der Waals surface area contributed by atoms with Crippen LogP contribution in [-0.4, -0.2) is 63.7 Å². The van der Waals surface area contributed by atoms with Gasteiger partial charge in [0.25, 0.3) is 11.5 Å². The summed E-state index contributed by atoms with van der Waals surface area (Å²) < 4.78 is 20.2. The van der Waals surface area contributed by atoms with Gasteiger partial charge in [-0.15, -0.1) is 0 Å². The smallest absolute Gasteiger partial charge is 0.311 e. The first kappa shape index (κ1) is 23.4. The molecule has 180 valence electrons. The molecule has 3 atom stereocenters. The molecule has 1 aromatic carbocycles. The summed E-state index contributed by atoms with van der Waals surface area (Å²) in [5.74, 6) is -4.06. The number of hydrogen-bond donors (Lipinski definition) is 3. The van der Waals surface area contributed by atoms with Gasteiger partial charge in [-0.05, 0) is 30.5 Å². The number of carbonyl (C=O) groups excluding carboxylic acids is 3. The van der Waals surface area contributed by atoms with Crippen LogP contribution in [0.25, 0.3) is 0 Å². The van der Waals surface area contributed by atoms with Crippen molar-refractivity contribution in [1.82, 2.24) is 25.1 Å². The van der Waals surface area contributed by atoms with Crippen LogP contribution in [0.15, 0.2) is 29.1 Å². The number of carbonyl (C=O) groups is 3. The molecule has 3 N–H and O–H groups in total. The van der Waals surface area contributed by atoms with E-state index in [0.717, 1.165) is 4.90 Å². The summed E-state index contributed by atoms with van der Waals surface area (Å²) in [5.41, 5.74) is -0.627. The minimum absolute atomic E-state index is 0.0264. The summed E-state index contributed by atoms with van der Waals surface area (Å²) in [7, 11) is 2.88. The van der Waals surface area contributed by atoms with Crippen molar-refractivity contribution in [3.63, 3.8) is 0 Å². The van der Waals surface area contributed by atoms with Crippen LogP contribution in [0.3, 0.4) is 0 Å². The minimum atomic E-state index is -0.931. The third kappa shape index (κ3) is 4.49. The number of benzene rings is 1. The Labute approximate surface area is 193 Å². The zero-order valence-corrected chi connectivity index (χ0v) is 18.6. The third-order valence-electron chi connectivity index (χ3n) is 5.86. The fourth-order valence-corrected chi connectivity index (χ4v) is 4.08. The van der Waals surface area contributed by atoms with Gasteiger partial charge in [0.2, 0.25) is 5.75 Å². The van der Waals surface area contributed by atoms with E-state index in [-0.39, 0.29) is 25.0 Å². The first-order chi connectivity index (χ1) is 16.2. The molecule has 4 rings (SSSR count). The van der Waals surface area contributed by atoms with Crippen LogP contribution in [0.4, 0.5) is 4.39 Å². The zero-order chi connectivity index (χ0) is 24.6. The number of rotatable bonds is 4. The highest BCUT2D eigenvalue weighted by molar-refractivity contribution is 6.34. The molecule has 2 aromatic rings. The molecule has 1 aromatic heterocycles. The van der Waals surface area contributed by atoms with Crippen molar-refractivity contribution in [3.05, 3.63) is 57.5 Å². The zero-order valence-electron chi connectivity index (χ0n) is 18.6. The van der Waals surface area contributed by atoms with E-state index in [1.165, 1.54) is 42.9 Å². The van der Waals surface area contributed by atoms with Crippen LogP contribution in [0.2, 0.25) is 0 Å². The summed E-state index contributed by atoms with van der Waals surface area (Å²) in [6, 6.07) is 5.48. The number of aromatic hydroxyl groups is 1. The molecule has 0 spiro atoms. The molecule has 3 amide bonds. The molecule has 1 fully saturated rings. The van der Waals surface area contributed by atoms with Gasteiger partial charge < -0.3 is 25.4 Å². The van der Waals surface area contributed by atoms with E-state index in [0.29, 0.717) is 18.4 Å². The maximum Gasteiger partial charge on any atom is 0.311 e. The van der Waals surface area contributed by atoms with Crippen molar-refractivity contribution in [2.75, 3.05) is 14.1 Å². The summed E-state index contributed by atoms with van der Waals surface area (Å²) in [6.45, 7) is 0.239. The maximum atomic E-state index is 13.1. The number of fused-ring (bicyclic) bond motifs is 4.